The fraction of sp³-hybridized carbons (Fsp3) is 1.00. The lowest BCUT2D eigenvalue weighted by Crippen LogP contribution is -2.53. The first kappa shape index (κ1) is 26.4. The Morgan fingerprint density at radius 2 is 0.844 bits per heavy atom. The van der Waals surface area contributed by atoms with E-state index in [9.17, 15) is 0 Å². The van der Waals surface area contributed by atoms with Gasteiger partial charge in [0.15, 0.2) is 0 Å². The van der Waals surface area contributed by atoms with Crippen LogP contribution < -0.4 is 0 Å². The van der Waals surface area contributed by atoms with E-state index >= 15 is 0 Å². The molecule has 3 heterocycles. The summed E-state index contributed by atoms with van der Waals surface area (Å²) in [4.78, 5) is 13.2. The first-order valence-electron chi connectivity index (χ1n) is 13.6. The quantitative estimate of drug-likeness (QED) is 0.650. The molecule has 0 N–H and O–H groups in total. The average molecular weight is 450 g/mol. The molecular formula is C27H55N5. The zero-order chi connectivity index (χ0) is 23.4. The molecular weight excluding hydrogens is 394 g/mol. The van der Waals surface area contributed by atoms with Crippen LogP contribution >= 0.6 is 0 Å². The highest BCUT2D eigenvalue weighted by Crippen LogP contribution is 2.28. The van der Waals surface area contributed by atoms with E-state index in [2.05, 4.69) is 73.1 Å². The summed E-state index contributed by atoms with van der Waals surface area (Å²) < 4.78 is 0. The third-order valence-electron chi connectivity index (χ3n) is 7.48. The topological polar surface area (TPSA) is 16.2 Å². The molecule has 0 bridgehead atoms. The van der Waals surface area contributed by atoms with Gasteiger partial charge in [-0.25, -0.2) is 0 Å². The van der Waals surface area contributed by atoms with Gasteiger partial charge in [0, 0.05) is 77.5 Å². The summed E-state index contributed by atoms with van der Waals surface area (Å²) >= 11 is 0. The van der Waals surface area contributed by atoms with Crippen molar-refractivity contribution in [1.82, 2.24) is 24.5 Å². The molecule has 0 aromatic heterocycles. The Hall–Kier alpha value is -0.200. The molecule has 0 spiro atoms. The van der Waals surface area contributed by atoms with E-state index in [1.807, 2.05) is 0 Å². The van der Waals surface area contributed by atoms with Crippen molar-refractivity contribution in [2.45, 2.75) is 79.3 Å². The SMILES string of the molecule is CC(C)(C)CN1CCN(C2CC2)CC1.CN1CCC(N2CCN(CC(C)(C)C)CC2)CC1. The van der Waals surface area contributed by atoms with Gasteiger partial charge >= 0.3 is 0 Å². The number of hydrogen-bond donors (Lipinski definition) is 0. The van der Waals surface area contributed by atoms with Gasteiger partial charge in [0.2, 0.25) is 0 Å². The van der Waals surface area contributed by atoms with Crippen LogP contribution in [0.25, 0.3) is 0 Å². The van der Waals surface area contributed by atoms with Crippen LogP contribution in [0.2, 0.25) is 0 Å². The highest BCUT2D eigenvalue weighted by atomic mass is 15.3. The van der Waals surface area contributed by atoms with Gasteiger partial charge in [0.1, 0.15) is 0 Å². The molecule has 5 heteroatoms. The molecule has 4 fully saturated rings. The monoisotopic (exact) mass is 449 g/mol. The van der Waals surface area contributed by atoms with Gasteiger partial charge in [0.05, 0.1) is 0 Å². The van der Waals surface area contributed by atoms with E-state index in [-0.39, 0.29) is 0 Å². The zero-order valence-corrected chi connectivity index (χ0v) is 22.7. The molecule has 4 aliphatic rings. The van der Waals surface area contributed by atoms with Gasteiger partial charge in [-0.1, -0.05) is 41.5 Å². The van der Waals surface area contributed by atoms with Crippen molar-refractivity contribution in [1.29, 1.82) is 0 Å². The standard InChI is InChI=1S/C15H31N3.C12H24N2/c1-15(2,3)13-17-9-11-18(12-10-17)14-5-7-16(4)8-6-14;1-12(2,3)10-13-6-8-14(9-7-13)11-4-5-11/h14H,5-13H2,1-4H3;11H,4-10H2,1-3H3. The summed E-state index contributed by atoms with van der Waals surface area (Å²) in [5.41, 5.74) is 0.900. The van der Waals surface area contributed by atoms with Crippen LogP contribution in [0, 0.1) is 10.8 Å². The van der Waals surface area contributed by atoms with Crippen LogP contribution in [-0.2, 0) is 0 Å². The molecule has 0 aromatic carbocycles. The maximum absolute atomic E-state index is 2.74. The molecule has 188 valence electrons. The highest BCUT2D eigenvalue weighted by molar-refractivity contribution is 4.88. The molecule has 3 aliphatic heterocycles. The summed E-state index contributed by atoms with van der Waals surface area (Å²) in [7, 11) is 2.25. The lowest BCUT2D eigenvalue weighted by atomic mass is 9.95. The molecule has 5 nitrogen and oxygen atoms in total. The Morgan fingerprint density at radius 3 is 1.16 bits per heavy atom. The summed E-state index contributed by atoms with van der Waals surface area (Å²) in [5.74, 6) is 0. The Kier molecular flexibility index (Phi) is 9.48. The van der Waals surface area contributed by atoms with Crippen LogP contribution in [0.1, 0.15) is 67.2 Å². The highest BCUT2D eigenvalue weighted by Gasteiger charge is 2.32. The second kappa shape index (κ2) is 11.5. The first-order valence-corrected chi connectivity index (χ1v) is 13.6. The van der Waals surface area contributed by atoms with Crippen molar-refractivity contribution < 1.29 is 0 Å². The Balaban J connectivity index is 0.000000186. The molecule has 0 unspecified atom stereocenters. The summed E-state index contributed by atoms with van der Waals surface area (Å²) in [6.45, 7) is 29.4. The molecule has 0 amide bonds. The lowest BCUT2D eigenvalue weighted by Gasteiger charge is -2.43. The third kappa shape index (κ3) is 9.58. The van der Waals surface area contributed by atoms with Crippen LogP contribution in [0.4, 0.5) is 0 Å². The molecule has 32 heavy (non-hydrogen) atoms. The Bertz CT molecular complexity index is 523. The maximum Gasteiger partial charge on any atom is 0.0121 e. The van der Waals surface area contributed by atoms with Crippen molar-refractivity contribution in [2.75, 3.05) is 85.6 Å². The molecule has 1 saturated carbocycles. The van der Waals surface area contributed by atoms with Gasteiger partial charge in [0.25, 0.3) is 0 Å². The number of piperazine rings is 2. The minimum Gasteiger partial charge on any atom is -0.306 e. The van der Waals surface area contributed by atoms with E-state index in [0.717, 1.165) is 12.1 Å². The molecule has 4 rings (SSSR count). The summed E-state index contributed by atoms with van der Waals surface area (Å²) in [6.07, 6.45) is 5.66. The number of piperidine rings is 1. The van der Waals surface area contributed by atoms with E-state index in [4.69, 9.17) is 0 Å². The number of likely N-dealkylation sites (tertiary alicyclic amines) is 1. The van der Waals surface area contributed by atoms with Crippen molar-refractivity contribution in [3.8, 4) is 0 Å². The summed E-state index contributed by atoms with van der Waals surface area (Å²) in [6, 6.07) is 1.82. The van der Waals surface area contributed by atoms with Gasteiger partial charge in [-0.3, -0.25) is 9.80 Å². The number of rotatable bonds is 4. The van der Waals surface area contributed by atoms with E-state index in [1.54, 1.807) is 0 Å². The van der Waals surface area contributed by atoms with E-state index < -0.39 is 0 Å². The van der Waals surface area contributed by atoms with Crippen molar-refractivity contribution in [2.24, 2.45) is 10.8 Å². The fourth-order valence-corrected chi connectivity index (χ4v) is 5.71. The van der Waals surface area contributed by atoms with Gasteiger partial charge in [-0.2, -0.15) is 0 Å². The van der Waals surface area contributed by atoms with Crippen molar-refractivity contribution in [3.05, 3.63) is 0 Å². The Labute approximate surface area is 200 Å². The predicted molar refractivity (Wildman–Crippen MR) is 138 cm³/mol. The smallest absolute Gasteiger partial charge is 0.0121 e. The van der Waals surface area contributed by atoms with Crippen LogP contribution in [0.5, 0.6) is 0 Å². The van der Waals surface area contributed by atoms with Crippen LogP contribution in [0.15, 0.2) is 0 Å². The van der Waals surface area contributed by atoms with Gasteiger partial charge in [-0.05, 0) is 56.7 Å². The first-order chi connectivity index (χ1) is 15.0. The summed E-state index contributed by atoms with van der Waals surface area (Å²) in [5, 5.41) is 0. The number of hydrogen-bond acceptors (Lipinski definition) is 5. The van der Waals surface area contributed by atoms with Gasteiger partial charge in [-0.15, -0.1) is 0 Å². The normalized spacial score (nSPS) is 26.7. The number of nitrogens with zero attached hydrogens (tertiary/aromatic N) is 5. The second-order valence-corrected chi connectivity index (χ2v) is 13.5. The van der Waals surface area contributed by atoms with Crippen LogP contribution in [-0.4, -0.2) is 122 Å². The lowest BCUT2D eigenvalue weighted by molar-refractivity contribution is 0.0518. The minimum absolute atomic E-state index is 0.440. The second-order valence-electron chi connectivity index (χ2n) is 13.5. The molecule has 0 radical (unpaired) electrons. The minimum atomic E-state index is 0.440. The maximum atomic E-state index is 2.74. The molecule has 0 atom stereocenters. The van der Waals surface area contributed by atoms with Crippen molar-refractivity contribution >= 4 is 0 Å². The van der Waals surface area contributed by atoms with Crippen LogP contribution in [0.3, 0.4) is 0 Å². The van der Waals surface area contributed by atoms with Crippen molar-refractivity contribution in [3.63, 3.8) is 0 Å². The molecule has 1 aliphatic carbocycles. The molecule has 3 saturated heterocycles. The third-order valence-corrected chi connectivity index (χ3v) is 7.48. The fourth-order valence-electron chi connectivity index (χ4n) is 5.71. The predicted octanol–water partition coefficient (Wildman–Crippen LogP) is 3.56. The largest absolute Gasteiger partial charge is 0.306 e. The molecule has 0 aromatic rings. The zero-order valence-electron chi connectivity index (χ0n) is 22.7. The van der Waals surface area contributed by atoms with E-state index in [0.29, 0.717) is 10.8 Å². The Morgan fingerprint density at radius 1 is 0.500 bits per heavy atom. The average Bonchev–Trinajstić information content (AvgIpc) is 3.53. The van der Waals surface area contributed by atoms with E-state index in [1.165, 1.54) is 104 Å². The van der Waals surface area contributed by atoms with Gasteiger partial charge < -0.3 is 14.7 Å².